The Morgan fingerprint density at radius 1 is 1.17 bits per heavy atom. The van der Waals surface area contributed by atoms with E-state index in [4.69, 9.17) is 21.1 Å². The normalized spacial score (nSPS) is 15.5. The second-order valence-electron chi connectivity index (χ2n) is 5.00. The van der Waals surface area contributed by atoms with E-state index in [1.54, 1.807) is 13.0 Å². The maximum Gasteiger partial charge on any atom is 0.363 e. The van der Waals surface area contributed by atoms with Gasteiger partial charge in [0, 0.05) is 17.5 Å². The van der Waals surface area contributed by atoms with E-state index < -0.39 is 5.97 Å². The van der Waals surface area contributed by atoms with Crippen LogP contribution in [-0.4, -0.2) is 11.9 Å². The molecule has 5 heteroatoms. The molecule has 0 aliphatic carbocycles. The number of rotatable bonds is 4. The quantitative estimate of drug-likeness (QED) is 0.623. The van der Waals surface area contributed by atoms with Gasteiger partial charge in [-0.25, -0.2) is 9.79 Å². The van der Waals surface area contributed by atoms with E-state index in [1.165, 1.54) is 0 Å². The first-order valence-electron chi connectivity index (χ1n) is 7.07. The Morgan fingerprint density at radius 3 is 2.61 bits per heavy atom. The van der Waals surface area contributed by atoms with Crippen LogP contribution in [-0.2, 0) is 16.1 Å². The highest BCUT2D eigenvalue weighted by Crippen LogP contribution is 2.24. The lowest BCUT2D eigenvalue weighted by Crippen LogP contribution is -2.00. The summed E-state index contributed by atoms with van der Waals surface area (Å²) >= 11 is 5.87. The second kappa shape index (κ2) is 6.67. The molecule has 116 valence electrons. The SMILES string of the molecule is CC1=N/C(=C\c2ccccc2OCc2ccc(Cl)cc2)C(=O)O1. The Bertz CT molecular complexity index is 794. The van der Waals surface area contributed by atoms with Gasteiger partial charge in [0.1, 0.15) is 12.4 Å². The Kier molecular flexibility index (Phi) is 4.44. The minimum atomic E-state index is -0.449. The van der Waals surface area contributed by atoms with E-state index >= 15 is 0 Å². The Balaban J connectivity index is 1.80. The molecule has 2 aromatic rings. The molecule has 0 saturated carbocycles. The van der Waals surface area contributed by atoms with Crippen molar-refractivity contribution < 1.29 is 14.3 Å². The van der Waals surface area contributed by atoms with Crippen LogP contribution in [0.1, 0.15) is 18.1 Å². The number of carbonyl (C=O) groups is 1. The van der Waals surface area contributed by atoms with Crippen molar-refractivity contribution in [3.8, 4) is 5.75 Å². The zero-order chi connectivity index (χ0) is 16.2. The van der Waals surface area contributed by atoms with E-state index in [2.05, 4.69) is 4.99 Å². The van der Waals surface area contributed by atoms with Gasteiger partial charge in [0.05, 0.1) is 0 Å². The molecule has 2 aromatic carbocycles. The van der Waals surface area contributed by atoms with Gasteiger partial charge in [0.25, 0.3) is 0 Å². The maximum absolute atomic E-state index is 11.7. The molecule has 0 radical (unpaired) electrons. The third-order valence-corrected chi connectivity index (χ3v) is 3.50. The molecule has 0 bridgehead atoms. The summed E-state index contributed by atoms with van der Waals surface area (Å²) in [5, 5.41) is 0.687. The van der Waals surface area contributed by atoms with Crippen molar-refractivity contribution in [2.75, 3.05) is 0 Å². The van der Waals surface area contributed by atoms with E-state index in [1.807, 2.05) is 48.5 Å². The average Bonchev–Trinajstić information content (AvgIpc) is 2.86. The summed E-state index contributed by atoms with van der Waals surface area (Å²) in [7, 11) is 0. The lowest BCUT2D eigenvalue weighted by Gasteiger charge is -2.09. The number of ether oxygens (including phenoxy) is 2. The van der Waals surface area contributed by atoms with Crippen LogP contribution in [0, 0.1) is 0 Å². The van der Waals surface area contributed by atoms with Crippen molar-refractivity contribution in [3.63, 3.8) is 0 Å². The number of hydrogen-bond acceptors (Lipinski definition) is 4. The van der Waals surface area contributed by atoms with Gasteiger partial charge in [0.15, 0.2) is 11.6 Å². The molecule has 0 spiro atoms. The minimum absolute atomic E-state index is 0.269. The molecule has 1 heterocycles. The van der Waals surface area contributed by atoms with Crippen molar-refractivity contribution >= 4 is 29.5 Å². The first-order valence-corrected chi connectivity index (χ1v) is 7.45. The predicted molar refractivity (Wildman–Crippen MR) is 89.4 cm³/mol. The summed E-state index contributed by atoms with van der Waals surface area (Å²) in [6, 6.07) is 14.9. The summed E-state index contributed by atoms with van der Waals surface area (Å²) in [6.45, 7) is 2.05. The van der Waals surface area contributed by atoms with Crippen LogP contribution in [0.2, 0.25) is 5.02 Å². The van der Waals surface area contributed by atoms with E-state index in [9.17, 15) is 4.79 Å². The van der Waals surface area contributed by atoms with Gasteiger partial charge in [-0.05, 0) is 29.8 Å². The van der Waals surface area contributed by atoms with Gasteiger partial charge in [-0.15, -0.1) is 0 Å². The molecular weight excluding hydrogens is 314 g/mol. The summed E-state index contributed by atoms with van der Waals surface area (Å²) < 4.78 is 10.8. The zero-order valence-corrected chi connectivity index (χ0v) is 13.2. The number of cyclic esters (lactones) is 1. The van der Waals surface area contributed by atoms with Crippen LogP contribution in [0.5, 0.6) is 5.75 Å². The van der Waals surface area contributed by atoms with Gasteiger partial charge in [0.2, 0.25) is 0 Å². The largest absolute Gasteiger partial charge is 0.488 e. The van der Waals surface area contributed by atoms with Crippen molar-refractivity contribution in [1.29, 1.82) is 0 Å². The van der Waals surface area contributed by atoms with E-state index in [-0.39, 0.29) is 5.70 Å². The fourth-order valence-corrected chi connectivity index (χ4v) is 2.26. The number of nitrogens with zero attached hydrogens (tertiary/aromatic N) is 1. The van der Waals surface area contributed by atoms with Gasteiger partial charge in [-0.3, -0.25) is 0 Å². The Morgan fingerprint density at radius 2 is 1.91 bits per heavy atom. The van der Waals surface area contributed by atoms with Crippen LogP contribution >= 0.6 is 11.6 Å². The maximum atomic E-state index is 11.7. The number of esters is 1. The summed E-state index contributed by atoms with van der Waals surface area (Å²) in [4.78, 5) is 15.7. The topological polar surface area (TPSA) is 47.9 Å². The molecule has 0 unspecified atom stereocenters. The highest BCUT2D eigenvalue weighted by atomic mass is 35.5. The lowest BCUT2D eigenvalue weighted by atomic mass is 10.1. The Labute approximate surface area is 139 Å². The number of aliphatic imine (C=N–C) groups is 1. The fraction of sp³-hybridized carbons (Fsp3) is 0.111. The van der Waals surface area contributed by atoms with Gasteiger partial charge in [-0.2, -0.15) is 0 Å². The van der Waals surface area contributed by atoms with Crippen molar-refractivity contribution in [2.45, 2.75) is 13.5 Å². The number of para-hydroxylation sites is 1. The highest BCUT2D eigenvalue weighted by molar-refractivity contribution is 6.30. The molecule has 0 aromatic heterocycles. The average molecular weight is 328 g/mol. The molecule has 4 nitrogen and oxygen atoms in total. The molecule has 0 saturated heterocycles. The molecule has 0 atom stereocenters. The summed E-state index contributed by atoms with van der Waals surface area (Å²) in [5.41, 5.74) is 2.04. The van der Waals surface area contributed by atoms with Gasteiger partial charge < -0.3 is 9.47 Å². The van der Waals surface area contributed by atoms with E-state index in [0.717, 1.165) is 11.1 Å². The summed E-state index contributed by atoms with van der Waals surface area (Å²) in [6.07, 6.45) is 1.66. The van der Waals surface area contributed by atoms with Crippen molar-refractivity contribution in [1.82, 2.24) is 0 Å². The zero-order valence-electron chi connectivity index (χ0n) is 12.5. The van der Waals surface area contributed by atoms with Crippen molar-refractivity contribution in [2.24, 2.45) is 4.99 Å². The van der Waals surface area contributed by atoms with Crippen LogP contribution in [0.25, 0.3) is 6.08 Å². The number of halogens is 1. The molecule has 1 aliphatic rings. The third-order valence-electron chi connectivity index (χ3n) is 3.25. The van der Waals surface area contributed by atoms with Crippen LogP contribution in [0.15, 0.2) is 59.2 Å². The van der Waals surface area contributed by atoms with Crippen LogP contribution < -0.4 is 4.74 Å². The summed E-state index contributed by atoms with van der Waals surface area (Å²) in [5.74, 6) is 0.568. The van der Waals surface area contributed by atoms with E-state index in [0.29, 0.717) is 23.3 Å². The number of benzene rings is 2. The number of hydrogen-bond donors (Lipinski definition) is 0. The fourth-order valence-electron chi connectivity index (χ4n) is 2.14. The monoisotopic (exact) mass is 327 g/mol. The molecule has 0 amide bonds. The molecule has 3 rings (SSSR count). The smallest absolute Gasteiger partial charge is 0.363 e. The van der Waals surface area contributed by atoms with Crippen LogP contribution in [0.3, 0.4) is 0 Å². The first kappa shape index (κ1) is 15.3. The van der Waals surface area contributed by atoms with Gasteiger partial charge in [-0.1, -0.05) is 41.9 Å². The first-order chi connectivity index (χ1) is 11.1. The molecule has 23 heavy (non-hydrogen) atoms. The molecule has 0 fully saturated rings. The third kappa shape index (κ3) is 3.79. The highest BCUT2D eigenvalue weighted by Gasteiger charge is 2.20. The second-order valence-corrected chi connectivity index (χ2v) is 5.44. The minimum Gasteiger partial charge on any atom is -0.488 e. The predicted octanol–water partition coefficient (Wildman–Crippen LogP) is 4.24. The van der Waals surface area contributed by atoms with Crippen molar-refractivity contribution in [3.05, 3.63) is 70.4 Å². The lowest BCUT2D eigenvalue weighted by molar-refractivity contribution is -0.130. The number of carbonyl (C=O) groups excluding carboxylic acids is 1. The molecule has 0 N–H and O–H groups in total. The Hall–Kier alpha value is -2.59. The molecule has 1 aliphatic heterocycles. The molecular formula is C18H14ClNO3. The van der Waals surface area contributed by atoms with Gasteiger partial charge >= 0.3 is 5.97 Å². The van der Waals surface area contributed by atoms with Crippen LogP contribution in [0.4, 0.5) is 0 Å². The standard InChI is InChI=1S/C18H14ClNO3/c1-12-20-16(18(21)23-12)10-14-4-2-3-5-17(14)22-11-13-6-8-15(19)9-7-13/h2-10H,11H2,1H3/b16-10-.